The molecule has 132 valence electrons. The molecule has 0 aliphatic heterocycles. The molecule has 0 atom stereocenters. The third-order valence-electron chi connectivity index (χ3n) is 4.00. The Morgan fingerprint density at radius 3 is 2.85 bits per heavy atom. The number of fused-ring (bicyclic) bond motifs is 1. The van der Waals surface area contributed by atoms with Crippen LogP contribution >= 0.6 is 11.8 Å². The van der Waals surface area contributed by atoms with E-state index in [2.05, 4.69) is 37.5 Å². The van der Waals surface area contributed by atoms with Crippen molar-refractivity contribution in [1.82, 2.24) is 40.0 Å². The molecule has 0 radical (unpaired) electrons. The van der Waals surface area contributed by atoms with Crippen molar-refractivity contribution >= 4 is 22.8 Å². The quantitative estimate of drug-likeness (QED) is 0.367. The highest BCUT2D eigenvalue weighted by molar-refractivity contribution is 7.98. The molecule has 3 heterocycles. The van der Waals surface area contributed by atoms with Crippen molar-refractivity contribution in [3.63, 3.8) is 0 Å². The first-order valence-corrected chi connectivity index (χ1v) is 9.47. The Balaban J connectivity index is 1.58. The molecular formula is C17H18N8S. The summed E-state index contributed by atoms with van der Waals surface area (Å²) in [6.45, 7) is 2.99. The van der Waals surface area contributed by atoms with E-state index in [0.29, 0.717) is 5.75 Å². The summed E-state index contributed by atoms with van der Waals surface area (Å²) in [5, 5.41) is 18.3. The van der Waals surface area contributed by atoms with Crippen LogP contribution in [0.4, 0.5) is 0 Å². The molecule has 0 saturated carbocycles. The third-order valence-corrected chi connectivity index (χ3v) is 5.00. The van der Waals surface area contributed by atoms with Crippen LogP contribution in [0.5, 0.6) is 0 Å². The van der Waals surface area contributed by atoms with Crippen LogP contribution < -0.4 is 0 Å². The van der Waals surface area contributed by atoms with E-state index < -0.39 is 0 Å². The molecule has 0 aliphatic rings. The zero-order chi connectivity index (χ0) is 17.8. The van der Waals surface area contributed by atoms with Crippen molar-refractivity contribution in [3.8, 4) is 5.69 Å². The van der Waals surface area contributed by atoms with Gasteiger partial charge in [-0.05, 0) is 29.0 Å². The van der Waals surface area contributed by atoms with Gasteiger partial charge >= 0.3 is 0 Å². The van der Waals surface area contributed by atoms with Gasteiger partial charge in [0.2, 0.25) is 0 Å². The number of aromatic nitrogens is 8. The normalized spacial score (nSPS) is 11.3. The molecule has 0 amide bonds. The second-order valence-electron chi connectivity index (χ2n) is 5.77. The fraction of sp³-hybridized carbons (Fsp3) is 0.294. The predicted octanol–water partition coefficient (Wildman–Crippen LogP) is 2.89. The minimum Gasteiger partial charge on any atom is -0.229 e. The SMILES string of the molecule is CCCCn1nnnc1CSc1ncnc2c1cnn2-c1ccccc1. The van der Waals surface area contributed by atoms with Crippen molar-refractivity contribution in [1.29, 1.82) is 0 Å². The molecule has 0 spiro atoms. The van der Waals surface area contributed by atoms with E-state index in [1.807, 2.05) is 45.9 Å². The predicted molar refractivity (Wildman–Crippen MR) is 98.9 cm³/mol. The van der Waals surface area contributed by atoms with Crippen molar-refractivity contribution in [2.24, 2.45) is 0 Å². The lowest BCUT2D eigenvalue weighted by Gasteiger charge is -2.05. The summed E-state index contributed by atoms with van der Waals surface area (Å²) < 4.78 is 3.69. The minimum atomic E-state index is 0.652. The van der Waals surface area contributed by atoms with Gasteiger partial charge in [0.15, 0.2) is 11.5 Å². The van der Waals surface area contributed by atoms with Gasteiger partial charge in [-0.3, -0.25) is 0 Å². The third kappa shape index (κ3) is 3.30. The molecule has 1 aromatic carbocycles. The van der Waals surface area contributed by atoms with Crippen LogP contribution in [0.2, 0.25) is 0 Å². The molecule has 9 heteroatoms. The average molecular weight is 366 g/mol. The van der Waals surface area contributed by atoms with Gasteiger partial charge < -0.3 is 0 Å². The Labute approximate surface area is 154 Å². The van der Waals surface area contributed by atoms with Crippen molar-refractivity contribution in [3.05, 3.63) is 48.7 Å². The lowest BCUT2D eigenvalue weighted by molar-refractivity contribution is 0.540. The Hall–Kier alpha value is -2.81. The van der Waals surface area contributed by atoms with Crippen LogP contribution in [-0.2, 0) is 12.3 Å². The van der Waals surface area contributed by atoms with E-state index in [-0.39, 0.29) is 0 Å². The zero-order valence-corrected chi connectivity index (χ0v) is 15.2. The number of rotatable bonds is 7. The first-order valence-electron chi connectivity index (χ1n) is 8.49. The summed E-state index contributed by atoms with van der Waals surface area (Å²) >= 11 is 1.60. The van der Waals surface area contributed by atoms with E-state index >= 15 is 0 Å². The fourth-order valence-electron chi connectivity index (χ4n) is 2.64. The van der Waals surface area contributed by atoms with Crippen LogP contribution in [0.1, 0.15) is 25.6 Å². The lowest BCUT2D eigenvalue weighted by atomic mass is 10.3. The Morgan fingerprint density at radius 2 is 2.00 bits per heavy atom. The molecule has 4 aromatic rings. The Morgan fingerprint density at radius 1 is 1.12 bits per heavy atom. The van der Waals surface area contributed by atoms with Gasteiger partial charge in [0.1, 0.15) is 11.4 Å². The highest BCUT2D eigenvalue weighted by Crippen LogP contribution is 2.27. The largest absolute Gasteiger partial charge is 0.229 e. The van der Waals surface area contributed by atoms with Gasteiger partial charge in [-0.1, -0.05) is 43.3 Å². The highest BCUT2D eigenvalue weighted by Gasteiger charge is 2.13. The van der Waals surface area contributed by atoms with Gasteiger partial charge in [0.25, 0.3) is 0 Å². The number of tetrazole rings is 1. The summed E-state index contributed by atoms with van der Waals surface area (Å²) in [5.41, 5.74) is 1.76. The van der Waals surface area contributed by atoms with E-state index in [4.69, 9.17) is 0 Å². The molecule has 0 N–H and O–H groups in total. The maximum Gasteiger partial charge on any atom is 0.167 e. The zero-order valence-electron chi connectivity index (χ0n) is 14.4. The minimum absolute atomic E-state index is 0.652. The van der Waals surface area contributed by atoms with Crippen molar-refractivity contribution < 1.29 is 0 Å². The van der Waals surface area contributed by atoms with Crippen LogP contribution in [0.25, 0.3) is 16.7 Å². The van der Waals surface area contributed by atoms with E-state index in [1.165, 1.54) is 0 Å². The van der Waals surface area contributed by atoms with E-state index in [0.717, 1.165) is 47.0 Å². The van der Waals surface area contributed by atoms with Crippen LogP contribution in [0, 0.1) is 0 Å². The molecule has 3 aromatic heterocycles. The van der Waals surface area contributed by atoms with E-state index in [1.54, 1.807) is 18.1 Å². The summed E-state index contributed by atoms with van der Waals surface area (Å²) in [5.74, 6) is 1.50. The summed E-state index contributed by atoms with van der Waals surface area (Å²) in [7, 11) is 0. The number of unbranched alkanes of at least 4 members (excludes halogenated alkanes) is 1. The summed E-state index contributed by atoms with van der Waals surface area (Å²) in [4.78, 5) is 8.84. The monoisotopic (exact) mass is 366 g/mol. The van der Waals surface area contributed by atoms with Gasteiger partial charge in [-0.25, -0.2) is 19.3 Å². The standard InChI is InChI=1S/C17H18N8S/c1-2-3-9-24-15(21-22-23-24)11-26-17-14-10-20-25(16(14)18-12-19-17)13-7-5-4-6-8-13/h4-8,10,12H,2-3,9,11H2,1H3. The molecular weight excluding hydrogens is 348 g/mol. The number of hydrogen-bond acceptors (Lipinski definition) is 7. The number of para-hydroxylation sites is 1. The van der Waals surface area contributed by atoms with Crippen molar-refractivity contribution in [2.45, 2.75) is 37.1 Å². The number of benzene rings is 1. The van der Waals surface area contributed by atoms with Gasteiger partial charge in [-0.15, -0.1) is 5.10 Å². The highest BCUT2D eigenvalue weighted by atomic mass is 32.2. The molecule has 0 fully saturated rings. The van der Waals surface area contributed by atoms with Crippen LogP contribution in [-0.4, -0.2) is 40.0 Å². The average Bonchev–Trinajstić information content (AvgIpc) is 3.32. The molecule has 8 nitrogen and oxygen atoms in total. The molecule has 0 saturated heterocycles. The van der Waals surface area contributed by atoms with Crippen molar-refractivity contribution in [2.75, 3.05) is 0 Å². The van der Waals surface area contributed by atoms with Crippen LogP contribution in [0.3, 0.4) is 0 Å². The number of aryl methyl sites for hydroxylation is 1. The maximum atomic E-state index is 4.48. The molecule has 4 rings (SSSR count). The molecule has 26 heavy (non-hydrogen) atoms. The molecule has 0 aliphatic carbocycles. The second kappa shape index (κ2) is 7.61. The molecule has 0 unspecified atom stereocenters. The topological polar surface area (TPSA) is 87.2 Å². The first kappa shape index (κ1) is 16.6. The first-order chi connectivity index (χ1) is 12.9. The van der Waals surface area contributed by atoms with Gasteiger partial charge in [-0.2, -0.15) is 5.10 Å². The number of hydrogen-bond donors (Lipinski definition) is 0. The van der Waals surface area contributed by atoms with Gasteiger partial charge in [0.05, 0.1) is 23.0 Å². The van der Waals surface area contributed by atoms with E-state index in [9.17, 15) is 0 Å². The summed E-state index contributed by atoms with van der Waals surface area (Å²) in [6, 6.07) is 9.95. The Bertz CT molecular complexity index is 994. The smallest absolute Gasteiger partial charge is 0.167 e. The summed E-state index contributed by atoms with van der Waals surface area (Å²) in [6.07, 6.45) is 5.55. The van der Waals surface area contributed by atoms with Gasteiger partial charge in [0, 0.05) is 6.54 Å². The maximum absolute atomic E-state index is 4.48. The van der Waals surface area contributed by atoms with Crippen LogP contribution in [0.15, 0.2) is 47.9 Å². The molecule has 0 bridgehead atoms. The number of nitrogens with zero attached hydrogens (tertiary/aromatic N) is 8. The second-order valence-corrected chi connectivity index (χ2v) is 6.73. The fourth-order valence-corrected chi connectivity index (χ4v) is 3.53. The lowest BCUT2D eigenvalue weighted by Crippen LogP contribution is -2.05. The Kier molecular flexibility index (Phi) is 4.87. The number of thioether (sulfide) groups is 1.